The van der Waals surface area contributed by atoms with E-state index in [2.05, 4.69) is 10.0 Å². The van der Waals surface area contributed by atoms with Gasteiger partial charge in [-0.25, -0.2) is 0 Å². The SMILES string of the molecule is CC(=O)OCC1OC(C=O)C(N=[N+]=[N-])[C@H]2OC(C)(C)O[C@@H]12. The molecular formula is C12H17N3O6. The lowest BCUT2D eigenvalue weighted by molar-refractivity contribution is -0.177. The number of carbonyl (C=O) groups excluding carboxylic acids is 2. The molecule has 0 aromatic rings. The third-order valence-electron chi connectivity index (χ3n) is 3.31. The van der Waals surface area contributed by atoms with Crippen LogP contribution < -0.4 is 0 Å². The van der Waals surface area contributed by atoms with E-state index in [4.69, 9.17) is 24.5 Å². The summed E-state index contributed by atoms with van der Waals surface area (Å²) in [6.07, 6.45) is -2.32. The Balaban J connectivity index is 2.24. The first-order chi connectivity index (χ1) is 9.88. The normalized spacial score (nSPS) is 37.2. The second-order valence-electron chi connectivity index (χ2n) is 5.34. The van der Waals surface area contributed by atoms with Gasteiger partial charge in [-0.05, 0) is 19.4 Å². The lowest BCUT2D eigenvalue weighted by Gasteiger charge is -2.38. The van der Waals surface area contributed by atoms with Crippen LogP contribution in [0.15, 0.2) is 5.11 Å². The third kappa shape index (κ3) is 3.33. The second kappa shape index (κ2) is 5.98. The number of nitrogens with zero attached hydrogens (tertiary/aromatic N) is 3. The third-order valence-corrected chi connectivity index (χ3v) is 3.31. The van der Waals surface area contributed by atoms with Crippen LogP contribution in [0.2, 0.25) is 0 Å². The van der Waals surface area contributed by atoms with Gasteiger partial charge in [-0.3, -0.25) is 4.79 Å². The Bertz CT molecular complexity index is 476. The molecule has 2 saturated heterocycles. The highest BCUT2D eigenvalue weighted by Crippen LogP contribution is 2.38. The summed E-state index contributed by atoms with van der Waals surface area (Å²) in [6, 6.07) is -0.826. The van der Waals surface area contributed by atoms with E-state index in [0.717, 1.165) is 0 Å². The number of hydrogen-bond donors (Lipinski definition) is 0. The lowest BCUT2D eigenvalue weighted by Crippen LogP contribution is -2.57. The summed E-state index contributed by atoms with van der Waals surface area (Å²) in [6.45, 7) is 4.62. The van der Waals surface area contributed by atoms with Gasteiger partial charge in [0, 0.05) is 11.8 Å². The Morgan fingerprint density at radius 3 is 2.67 bits per heavy atom. The fourth-order valence-electron chi connectivity index (χ4n) is 2.55. The van der Waals surface area contributed by atoms with Crippen molar-refractivity contribution in [1.82, 2.24) is 0 Å². The molecule has 3 unspecified atom stereocenters. The van der Waals surface area contributed by atoms with Crippen LogP contribution >= 0.6 is 0 Å². The number of aldehydes is 1. The summed E-state index contributed by atoms with van der Waals surface area (Å²) in [7, 11) is 0. The molecule has 9 nitrogen and oxygen atoms in total. The topological polar surface area (TPSA) is 120 Å². The summed E-state index contributed by atoms with van der Waals surface area (Å²) < 4.78 is 21.9. The minimum Gasteiger partial charge on any atom is -0.463 e. The summed E-state index contributed by atoms with van der Waals surface area (Å²) in [5.41, 5.74) is 8.65. The molecule has 0 amide bonds. The van der Waals surface area contributed by atoms with E-state index >= 15 is 0 Å². The van der Waals surface area contributed by atoms with E-state index < -0.39 is 42.2 Å². The first-order valence-electron chi connectivity index (χ1n) is 6.52. The molecule has 0 N–H and O–H groups in total. The fourth-order valence-corrected chi connectivity index (χ4v) is 2.55. The molecule has 2 heterocycles. The Labute approximate surface area is 121 Å². The number of hydrogen-bond acceptors (Lipinski definition) is 7. The number of azide groups is 1. The van der Waals surface area contributed by atoms with Gasteiger partial charge in [0.1, 0.15) is 37.3 Å². The predicted molar refractivity (Wildman–Crippen MR) is 68.1 cm³/mol. The Morgan fingerprint density at radius 2 is 2.10 bits per heavy atom. The maximum atomic E-state index is 11.2. The average Bonchev–Trinajstić information content (AvgIpc) is 2.73. The molecule has 5 atom stereocenters. The molecule has 116 valence electrons. The lowest BCUT2D eigenvalue weighted by atomic mass is 9.94. The van der Waals surface area contributed by atoms with Crippen LogP contribution in [0.25, 0.3) is 10.4 Å². The zero-order valence-electron chi connectivity index (χ0n) is 12.0. The molecule has 0 bridgehead atoms. The van der Waals surface area contributed by atoms with Crippen molar-refractivity contribution in [3.8, 4) is 0 Å². The van der Waals surface area contributed by atoms with Crippen LogP contribution in [0.5, 0.6) is 0 Å². The monoisotopic (exact) mass is 299 g/mol. The molecule has 0 aliphatic carbocycles. The van der Waals surface area contributed by atoms with Crippen LogP contribution in [0.1, 0.15) is 20.8 Å². The van der Waals surface area contributed by atoms with Crippen molar-refractivity contribution in [2.24, 2.45) is 5.11 Å². The van der Waals surface area contributed by atoms with Crippen molar-refractivity contribution >= 4 is 12.3 Å². The zero-order chi connectivity index (χ0) is 15.6. The summed E-state index contributed by atoms with van der Waals surface area (Å²) in [5, 5.41) is 3.59. The molecule has 2 aliphatic rings. The van der Waals surface area contributed by atoms with E-state index in [1.807, 2.05) is 0 Å². The van der Waals surface area contributed by atoms with Gasteiger partial charge in [0.15, 0.2) is 5.79 Å². The maximum Gasteiger partial charge on any atom is 0.302 e. The van der Waals surface area contributed by atoms with Crippen LogP contribution in [-0.4, -0.2) is 55.1 Å². The Morgan fingerprint density at radius 1 is 1.43 bits per heavy atom. The van der Waals surface area contributed by atoms with Crippen LogP contribution in [0.3, 0.4) is 0 Å². The van der Waals surface area contributed by atoms with Crippen molar-refractivity contribution in [2.75, 3.05) is 6.61 Å². The highest BCUT2D eigenvalue weighted by Gasteiger charge is 2.55. The number of fused-ring (bicyclic) bond motifs is 1. The van der Waals surface area contributed by atoms with E-state index in [1.54, 1.807) is 13.8 Å². The fraction of sp³-hybridized carbons (Fsp3) is 0.833. The quantitative estimate of drug-likeness (QED) is 0.248. The minimum absolute atomic E-state index is 0.0662. The van der Waals surface area contributed by atoms with Gasteiger partial charge in [0.2, 0.25) is 0 Å². The average molecular weight is 299 g/mol. The molecule has 0 saturated carbocycles. The highest BCUT2D eigenvalue weighted by molar-refractivity contribution is 5.66. The predicted octanol–water partition coefficient (Wildman–Crippen LogP) is 0.715. The number of esters is 1. The highest BCUT2D eigenvalue weighted by atomic mass is 16.8. The molecule has 9 heteroatoms. The van der Waals surface area contributed by atoms with E-state index in [-0.39, 0.29) is 6.61 Å². The number of carbonyl (C=O) groups is 2. The Hall–Kier alpha value is -1.67. The van der Waals surface area contributed by atoms with Gasteiger partial charge < -0.3 is 23.7 Å². The molecule has 0 spiro atoms. The summed E-state index contributed by atoms with van der Waals surface area (Å²) >= 11 is 0. The van der Waals surface area contributed by atoms with Crippen molar-refractivity contribution in [2.45, 2.75) is 57.0 Å². The summed E-state index contributed by atoms with van der Waals surface area (Å²) in [5.74, 6) is -1.37. The van der Waals surface area contributed by atoms with Gasteiger partial charge in [-0.1, -0.05) is 5.11 Å². The second-order valence-corrected chi connectivity index (χ2v) is 5.34. The van der Waals surface area contributed by atoms with Crippen molar-refractivity contribution in [3.63, 3.8) is 0 Å². The van der Waals surface area contributed by atoms with Crippen LogP contribution in [-0.2, 0) is 28.5 Å². The largest absolute Gasteiger partial charge is 0.463 e. The standard InChI is InChI=1S/C12H17N3O6/c1-6(17)18-5-8-10-11(21-12(2,3)20-10)9(14-15-13)7(4-16)19-8/h4,7-11H,5H2,1-3H3/t7?,8?,9?,10-,11+/m0/s1. The number of ether oxygens (including phenoxy) is 4. The Kier molecular flexibility index (Phi) is 4.48. The van der Waals surface area contributed by atoms with Crippen molar-refractivity contribution < 1.29 is 28.5 Å². The summed E-state index contributed by atoms with van der Waals surface area (Å²) in [4.78, 5) is 24.8. The van der Waals surface area contributed by atoms with Crippen molar-refractivity contribution in [3.05, 3.63) is 10.4 Å². The molecule has 0 radical (unpaired) electrons. The molecule has 2 fully saturated rings. The van der Waals surface area contributed by atoms with Crippen molar-refractivity contribution in [1.29, 1.82) is 0 Å². The zero-order valence-corrected chi connectivity index (χ0v) is 12.0. The first-order valence-corrected chi connectivity index (χ1v) is 6.52. The molecular weight excluding hydrogens is 282 g/mol. The maximum absolute atomic E-state index is 11.2. The van der Waals surface area contributed by atoms with Gasteiger partial charge in [0.05, 0.1) is 6.04 Å². The van der Waals surface area contributed by atoms with Gasteiger partial charge in [0.25, 0.3) is 0 Å². The molecule has 0 aromatic carbocycles. The van der Waals surface area contributed by atoms with Gasteiger partial charge in [-0.2, -0.15) is 0 Å². The molecule has 2 aliphatic heterocycles. The minimum atomic E-state index is -0.972. The van der Waals surface area contributed by atoms with E-state index in [0.29, 0.717) is 6.29 Å². The van der Waals surface area contributed by atoms with E-state index in [1.165, 1.54) is 6.92 Å². The first kappa shape index (κ1) is 15.7. The van der Waals surface area contributed by atoms with Crippen LogP contribution in [0.4, 0.5) is 0 Å². The molecule has 21 heavy (non-hydrogen) atoms. The molecule has 0 aromatic heterocycles. The van der Waals surface area contributed by atoms with E-state index in [9.17, 15) is 9.59 Å². The smallest absolute Gasteiger partial charge is 0.302 e. The van der Waals surface area contributed by atoms with Gasteiger partial charge >= 0.3 is 5.97 Å². The number of rotatable bonds is 4. The van der Waals surface area contributed by atoms with Crippen LogP contribution in [0, 0.1) is 0 Å². The molecule has 2 rings (SSSR count). The van der Waals surface area contributed by atoms with Gasteiger partial charge in [-0.15, -0.1) is 0 Å².